The number of methoxy groups -OCH3 is 2. The van der Waals surface area contributed by atoms with Crippen LogP contribution in [-0.2, 0) is 14.3 Å². The van der Waals surface area contributed by atoms with Crippen molar-refractivity contribution in [2.45, 2.75) is 25.9 Å². The minimum atomic E-state index is -0.103. The number of nitrogens with two attached hydrogens (primary N) is 1. The third-order valence-corrected chi connectivity index (χ3v) is 2.48. The molecule has 3 N–H and O–H groups in total. The highest BCUT2D eigenvalue weighted by atomic mass is 16.5. The van der Waals surface area contributed by atoms with Gasteiger partial charge in [0.25, 0.3) is 0 Å². The summed E-state index contributed by atoms with van der Waals surface area (Å²) in [6, 6.07) is 0. The summed E-state index contributed by atoms with van der Waals surface area (Å²) in [6.07, 6.45) is 1.68. The average Bonchev–Trinajstić information content (AvgIpc) is 2.30. The fourth-order valence-electron chi connectivity index (χ4n) is 1.46. The van der Waals surface area contributed by atoms with Crippen LogP contribution in [0.2, 0.25) is 0 Å². The number of ether oxygens (including phenoxy) is 2. The van der Waals surface area contributed by atoms with Gasteiger partial charge in [-0.2, -0.15) is 0 Å². The molecule has 0 heterocycles. The normalized spacial score (nSPS) is 14.5. The highest BCUT2D eigenvalue weighted by Gasteiger charge is 2.16. The van der Waals surface area contributed by atoms with Crippen molar-refractivity contribution in [3.63, 3.8) is 0 Å². The van der Waals surface area contributed by atoms with Gasteiger partial charge in [-0.25, -0.2) is 0 Å². The molecule has 2 unspecified atom stereocenters. The minimum absolute atomic E-state index is 0.00232. The van der Waals surface area contributed by atoms with E-state index in [4.69, 9.17) is 15.2 Å². The topological polar surface area (TPSA) is 73.6 Å². The molecule has 0 saturated carbocycles. The predicted molar refractivity (Wildman–Crippen MR) is 63.1 cm³/mol. The maximum atomic E-state index is 11.7. The van der Waals surface area contributed by atoms with Crippen molar-refractivity contribution in [1.29, 1.82) is 0 Å². The Morgan fingerprint density at radius 3 is 2.56 bits per heavy atom. The van der Waals surface area contributed by atoms with Gasteiger partial charge in [-0.1, -0.05) is 13.3 Å². The summed E-state index contributed by atoms with van der Waals surface area (Å²) in [7, 11) is 3.20. The van der Waals surface area contributed by atoms with Gasteiger partial charge < -0.3 is 20.5 Å². The van der Waals surface area contributed by atoms with Gasteiger partial charge in [0, 0.05) is 27.3 Å². The van der Waals surface area contributed by atoms with Gasteiger partial charge in [0.2, 0.25) is 5.91 Å². The summed E-state index contributed by atoms with van der Waals surface area (Å²) in [5, 5.41) is 2.83. The van der Waals surface area contributed by atoms with E-state index in [9.17, 15) is 4.79 Å². The van der Waals surface area contributed by atoms with E-state index < -0.39 is 0 Å². The third-order valence-electron chi connectivity index (χ3n) is 2.48. The highest BCUT2D eigenvalue weighted by Crippen LogP contribution is 2.04. The number of nitrogens with one attached hydrogen (secondary N) is 1. The Morgan fingerprint density at radius 1 is 1.44 bits per heavy atom. The Kier molecular flexibility index (Phi) is 9.18. The van der Waals surface area contributed by atoms with Crippen LogP contribution < -0.4 is 11.1 Å². The Hall–Kier alpha value is -0.650. The van der Waals surface area contributed by atoms with Gasteiger partial charge in [0.05, 0.1) is 18.6 Å². The van der Waals surface area contributed by atoms with Crippen molar-refractivity contribution in [3.8, 4) is 0 Å². The molecule has 0 aromatic carbocycles. The fraction of sp³-hybridized carbons (Fsp3) is 0.909. The van der Waals surface area contributed by atoms with E-state index in [0.29, 0.717) is 19.7 Å². The smallest absolute Gasteiger partial charge is 0.224 e. The van der Waals surface area contributed by atoms with Crippen molar-refractivity contribution < 1.29 is 14.3 Å². The minimum Gasteiger partial charge on any atom is -0.382 e. The van der Waals surface area contributed by atoms with Crippen LogP contribution in [-0.4, -0.2) is 45.9 Å². The van der Waals surface area contributed by atoms with Crippen molar-refractivity contribution in [1.82, 2.24) is 5.32 Å². The number of hydrogen-bond acceptors (Lipinski definition) is 4. The van der Waals surface area contributed by atoms with E-state index in [1.165, 1.54) is 0 Å². The molecule has 0 saturated heterocycles. The molecule has 0 aromatic rings. The van der Waals surface area contributed by atoms with E-state index in [1.54, 1.807) is 14.2 Å². The van der Waals surface area contributed by atoms with Crippen LogP contribution in [0.15, 0.2) is 0 Å². The zero-order chi connectivity index (χ0) is 12.4. The number of carbonyl (C=O) groups excluding carboxylic acids is 1. The fourth-order valence-corrected chi connectivity index (χ4v) is 1.46. The first-order valence-electron chi connectivity index (χ1n) is 5.69. The van der Waals surface area contributed by atoms with Gasteiger partial charge >= 0.3 is 0 Å². The number of hydrogen-bond donors (Lipinski definition) is 2. The molecule has 0 aromatic heterocycles. The van der Waals surface area contributed by atoms with E-state index in [0.717, 1.165) is 12.8 Å². The first kappa shape index (κ1) is 15.3. The van der Waals surface area contributed by atoms with Crippen molar-refractivity contribution in [2.75, 3.05) is 33.9 Å². The van der Waals surface area contributed by atoms with E-state index in [1.807, 2.05) is 6.92 Å². The lowest BCUT2D eigenvalue weighted by Crippen LogP contribution is -2.40. The van der Waals surface area contributed by atoms with Crippen molar-refractivity contribution in [2.24, 2.45) is 11.7 Å². The maximum Gasteiger partial charge on any atom is 0.224 e. The molecular weight excluding hydrogens is 208 g/mol. The lowest BCUT2D eigenvalue weighted by molar-refractivity contribution is -0.125. The number of rotatable bonds is 9. The number of carbonyl (C=O) groups is 1. The monoisotopic (exact) mass is 232 g/mol. The Bertz CT molecular complexity index is 188. The molecule has 1 amide bonds. The molecule has 5 heteroatoms. The Morgan fingerprint density at radius 2 is 2.12 bits per heavy atom. The van der Waals surface area contributed by atoms with Crippen LogP contribution in [0.5, 0.6) is 0 Å². The lowest BCUT2D eigenvalue weighted by Gasteiger charge is -2.18. The Labute approximate surface area is 97.7 Å². The van der Waals surface area contributed by atoms with E-state index in [2.05, 4.69) is 5.32 Å². The van der Waals surface area contributed by atoms with E-state index in [-0.39, 0.29) is 17.9 Å². The third kappa shape index (κ3) is 6.05. The van der Waals surface area contributed by atoms with Crippen LogP contribution in [0.1, 0.15) is 19.8 Å². The molecule has 0 bridgehead atoms. The first-order valence-corrected chi connectivity index (χ1v) is 5.69. The highest BCUT2D eigenvalue weighted by molar-refractivity contribution is 5.78. The summed E-state index contributed by atoms with van der Waals surface area (Å²) in [4.78, 5) is 11.7. The lowest BCUT2D eigenvalue weighted by atomic mass is 10.0. The maximum absolute atomic E-state index is 11.7. The van der Waals surface area contributed by atoms with Gasteiger partial charge in [0.15, 0.2) is 0 Å². The molecule has 0 rings (SSSR count). The predicted octanol–water partition coefficient (Wildman–Crippen LogP) is 0.139. The SMILES string of the molecule is CCCC(CN)C(=O)NCC(COC)OC. The largest absolute Gasteiger partial charge is 0.382 e. The number of amides is 1. The second kappa shape index (κ2) is 9.57. The second-order valence-corrected chi connectivity index (χ2v) is 3.78. The van der Waals surface area contributed by atoms with Crippen LogP contribution in [0.3, 0.4) is 0 Å². The van der Waals surface area contributed by atoms with Gasteiger partial charge in [-0.15, -0.1) is 0 Å². The van der Waals surface area contributed by atoms with Crippen LogP contribution in [0.25, 0.3) is 0 Å². The molecule has 96 valence electrons. The van der Waals surface area contributed by atoms with Crippen molar-refractivity contribution in [3.05, 3.63) is 0 Å². The summed E-state index contributed by atoms with van der Waals surface area (Å²) in [6.45, 7) is 3.36. The summed E-state index contributed by atoms with van der Waals surface area (Å²) < 4.78 is 10.1. The van der Waals surface area contributed by atoms with Crippen molar-refractivity contribution >= 4 is 5.91 Å². The van der Waals surface area contributed by atoms with Gasteiger partial charge in [-0.3, -0.25) is 4.79 Å². The zero-order valence-corrected chi connectivity index (χ0v) is 10.5. The van der Waals surface area contributed by atoms with Crippen LogP contribution >= 0.6 is 0 Å². The molecule has 2 atom stereocenters. The summed E-state index contributed by atoms with van der Waals surface area (Å²) >= 11 is 0. The Balaban J connectivity index is 3.92. The molecule has 0 aliphatic carbocycles. The standard InChI is InChI=1S/C11H24N2O3/c1-4-5-9(6-12)11(14)13-7-10(16-3)8-15-2/h9-10H,4-8,12H2,1-3H3,(H,13,14). The molecule has 0 fully saturated rings. The summed E-state index contributed by atoms with van der Waals surface area (Å²) in [5.41, 5.74) is 5.54. The molecular formula is C11H24N2O3. The molecule has 0 aliphatic heterocycles. The summed E-state index contributed by atoms with van der Waals surface area (Å²) in [5.74, 6) is -0.0902. The van der Waals surface area contributed by atoms with Gasteiger partial charge in [0.1, 0.15) is 0 Å². The average molecular weight is 232 g/mol. The molecule has 16 heavy (non-hydrogen) atoms. The van der Waals surface area contributed by atoms with Crippen LogP contribution in [0.4, 0.5) is 0 Å². The zero-order valence-electron chi connectivity index (χ0n) is 10.5. The van der Waals surface area contributed by atoms with Gasteiger partial charge in [-0.05, 0) is 6.42 Å². The van der Waals surface area contributed by atoms with E-state index >= 15 is 0 Å². The molecule has 0 aliphatic rings. The second-order valence-electron chi connectivity index (χ2n) is 3.78. The quantitative estimate of drug-likeness (QED) is 0.593. The van der Waals surface area contributed by atoms with Crippen LogP contribution in [0, 0.1) is 5.92 Å². The molecule has 0 radical (unpaired) electrons. The molecule has 0 spiro atoms. The first-order chi connectivity index (χ1) is 7.69. The molecule has 5 nitrogen and oxygen atoms in total.